The number of hydrogen-bond donors (Lipinski definition) is 3. The second-order valence-corrected chi connectivity index (χ2v) is 9.44. The highest BCUT2D eigenvalue weighted by atomic mass is 19.4. The monoisotopic (exact) mass is 530 g/mol. The van der Waals surface area contributed by atoms with Gasteiger partial charge in [0, 0.05) is 26.1 Å². The molecule has 0 saturated carbocycles. The molecule has 0 radical (unpaired) electrons. The highest BCUT2D eigenvalue weighted by Crippen LogP contribution is 2.22. The highest BCUT2D eigenvalue weighted by Gasteiger charge is 2.38. The summed E-state index contributed by atoms with van der Waals surface area (Å²) in [5.41, 5.74) is 5.99. The lowest BCUT2D eigenvalue weighted by Crippen LogP contribution is -2.37. The molecular weight excluding hydrogens is 495 g/mol. The molecule has 2 heterocycles. The molecule has 15 heteroatoms. The number of alkyl halides is 3. The van der Waals surface area contributed by atoms with Gasteiger partial charge in [-0.25, -0.2) is 18.6 Å². The average Bonchev–Trinajstić information content (AvgIpc) is 3.37. The Morgan fingerprint density at radius 2 is 1.86 bits per heavy atom. The summed E-state index contributed by atoms with van der Waals surface area (Å²) in [5.74, 6) is -1.57. The van der Waals surface area contributed by atoms with E-state index < -0.39 is 23.8 Å². The highest BCUT2D eigenvalue weighted by molar-refractivity contribution is 5.81. The Morgan fingerprint density at radius 3 is 2.54 bits per heavy atom. The fraction of sp³-hybridized carbons (Fsp3) is 0.636. The summed E-state index contributed by atoms with van der Waals surface area (Å²) in [6.07, 6.45) is 2.53. The van der Waals surface area contributed by atoms with Gasteiger partial charge in [-0.1, -0.05) is 0 Å². The van der Waals surface area contributed by atoms with Crippen molar-refractivity contribution in [2.75, 3.05) is 18.8 Å². The van der Waals surface area contributed by atoms with Gasteiger partial charge in [-0.15, -0.1) is 0 Å². The Kier molecular flexibility index (Phi) is 10.4. The van der Waals surface area contributed by atoms with Gasteiger partial charge in [0.05, 0.1) is 12.7 Å². The lowest BCUT2D eigenvalue weighted by Gasteiger charge is -2.19. The van der Waals surface area contributed by atoms with E-state index in [-0.39, 0.29) is 12.6 Å². The number of aryl methyl sites for hydroxylation is 2. The van der Waals surface area contributed by atoms with Crippen molar-refractivity contribution in [2.45, 2.75) is 78.0 Å². The lowest BCUT2D eigenvalue weighted by molar-refractivity contribution is -0.697. The minimum Gasteiger partial charge on any atom is -0.444 e. The summed E-state index contributed by atoms with van der Waals surface area (Å²) < 4.78 is 47.0. The molecule has 2 amide bonds. The van der Waals surface area contributed by atoms with Crippen molar-refractivity contribution >= 4 is 23.5 Å². The predicted octanol–water partition coefficient (Wildman–Crippen LogP) is 2.71. The molecular formula is C22H35F3N9O3+. The summed E-state index contributed by atoms with van der Waals surface area (Å²) in [6.45, 7) is 9.04. The topological polar surface area (TPSA) is 145 Å². The molecule has 0 unspecified atom stereocenters. The van der Waals surface area contributed by atoms with Gasteiger partial charge in [0.1, 0.15) is 42.1 Å². The Hall–Kier alpha value is -3.65. The molecule has 0 aliphatic carbocycles. The summed E-state index contributed by atoms with van der Waals surface area (Å²) in [5, 5.41) is 17.2. The van der Waals surface area contributed by atoms with E-state index >= 15 is 0 Å². The normalized spacial score (nSPS) is 13.1. The zero-order valence-electron chi connectivity index (χ0n) is 21.5. The van der Waals surface area contributed by atoms with Crippen LogP contribution in [0.25, 0.3) is 0 Å². The smallest absolute Gasteiger partial charge is 0.444 e. The summed E-state index contributed by atoms with van der Waals surface area (Å²) in [7, 11) is 0. The van der Waals surface area contributed by atoms with Crippen LogP contribution in [-0.4, -0.2) is 57.3 Å². The van der Waals surface area contributed by atoms with Crippen LogP contribution < -0.4 is 20.9 Å². The third-order valence-corrected chi connectivity index (χ3v) is 4.79. The molecule has 0 saturated heterocycles. The number of rotatable bonds is 12. The molecule has 0 spiro atoms. The molecule has 12 nitrogen and oxygen atoms in total. The molecule has 0 aliphatic rings. The third kappa shape index (κ3) is 10.9. The van der Waals surface area contributed by atoms with Crippen LogP contribution in [0, 0.1) is 0 Å². The van der Waals surface area contributed by atoms with Crippen molar-refractivity contribution in [1.82, 2.24) is 25.0 Å². The Balaban J connectivity index is 1.74. The largest absolute Gasteiger partial charge is 0.471 e. The molecule has 2 aromatic heterocycles. The number of alkyl carbamates (subject to hydrolysis) is 1. The van der Waals surface area contributed by atoms with E-state index in [1.54, 1.807) is 38.0 Å². The number of imidazole rings is 1. The molecule has 4 N–H and O–H groups in total. The van der Waals surface area contributed by atoms with Gasteiger partial charge in [-0.05, 0) is 34.1 Å². The summed E-state index contributed by atoms with van der Waals surface area (Å²) in [6, 6.07) is -0.187. The van der Waals surface area contributed by atoms with Crippen molar-refractivity contribution in [1.29, 1.82) is 0 Å². The van der Waals surface area contributed by atoms with Crippen molar-refractivity contribution < 1.29 is 32.1 Å². The Bertz CT molecular complexity index is 1060. The third-order valence-electron chi connectivity index (χ3n) is 4.79. The van der Waals surface area contributed by atoms with E-state index in [0.717, 1.165) is 0 Å². The van der Waals surface area contributed by atoms with E-state index in [9.17, 15) is 22.8 Å². The number of amides is 2. The van der Waals surface area contributed by atoms with Crippen LogP contribution in [0.2, 0.25) is 0 Å². The van der Waals surface area contributed by atoms with E-state index in [4.69, 9.17) is 10.5 Å². The number of ether oxygens (including phenoxy) is 1. The first-order valence-corrected chi connectivity index (χ1v) is 11.8. The summed E-state index contributed by atoms with van der Waals surface area (Å²) in [4.78, 5) is 22.5. The molecule has 37 heavy (non-hydrogen) atoms. The number of azo groups is 1. The van der Waals surface area contributed by atoms with Crippen LogP contribution in [0.15, 0.2) is 35.1 Å². The lowest BCUT2D eigenvalue weighted by atomic mass is 10.2. The molecule has 206 valence electrons. The van der Waals surface area contributed by atoms with Crippen LogP contribution in [-0.2, 0) is 29.2 Å². The number of anilines is 1. The fourth-order valence-electron chi connectivity index (χ4n) is 3.12. The van der Waals surface area contributed by atoms with Crippen LogP contribution >= 0.6 is 0 Å². The van der Waals surface area contributed by atoms with E-state index in [2.05, 4.69) is 20.6 Å². The number of halogens is 3. The number of nitrogens with two attached hydrogens (primary N) is 1. The first-order valence-electron chi connectivity index (χ1n) is 11.8. The quantitative estimate of drug-likeness (QED) is 0.220. The fourth-order valence-corrected chi connectivity index (χ4v) is 3.12. The van der Waals surface area contributed by atoms with Gasteiger partial charge < -0.3 is 21.1 Å². The summed E-state index contributed by atoms with van der Waals surface area (Å²) >= 11 is 0. The predicted molar refractivity (Wildman–Crippen MR) is 128 cm³/mol. The number of nitrogen functional groups attached to an aromatic ring is 1. The first-order chi connectivity index (χ1) is 17.2. The standard InChI is InChI=1S/C22H34F3N9O3/c1-16(14-33-12-11-32(15-33)9-5-7-27-19(35)22(23,24)25)30-31-17-13-29-34(18(17)26)10-6-8-28-20(36)37-21(2,3)4/h11-13,15-16H,5-10,14H2,1-4H3,(H3-,26,27,28,29,30,35,36)/p+1/t16-/m1/s1. The Labute approximate surface area is 213 Å². The minimum atomic E-state index is -4.87. The van der Waals surface area contributed by atoms with E-state index in [1.165, 1.54) is 6.20 Å². The van der Waals surface area contributed by atoms with Gasteiger partial charge in [0.2, 0.25) is 6.33 Å². The number of aromatic nitrogens is 4. The maximum absolute atomic E-state index is 12.2. The van der Waals surface area contributed by atoms with Gasteiger partial charge in [0.25, 0.3) is 0 Å². The van der Waals surface area contributed by atoms with Crippen molar-refractivity contribution in [3.63, 3.8) is 0 Å². The van der Waals surface area contributed by atoms with E-state index in [1.807, 2.05) is 27.6 Å². The average molecular weight is 531 g/mol. The van der Waals surface area contributed by atoms with Crippen LogP contribution in [0.3, 0.4) is 0 Å². The van der Waals surface area contributed by atoms with Crippen molar-refractivity contribution in [3.8, 4) is 0 Å². The molecule has 0 fully saturated rings. The number of carbonyl (C=O) groups excluding carboxylic acids is 2. The first kappa shape index (κ1) is 29.6. The molecule has 2 rings (SSSR count). The number of nitrogens with zero attached hydrogens (tertiary/aromatic N) is 6. The molecule has 1 atom stereocenters. The zero-order valence-corrected chi connectivity index (χ0v) is 21.5. The van der Waals surface area contributed by atoms with Crippen molar-refractivity contribution in [2.24, 2.45) is 10.2 Å². The zero-order chi connectivity index (χ0) is 27.6. The van der Waals surface area contributed by atoms with Crippen LogP contribution in [0.4, 0.5) is 29.5 Å². The van der Waals surface area contributed by atoms with Crippen LogP contribution in [0.5, 0.6) is 0 Å². The van der Waals surface area contributed by atoms with Gasteiger partial charge in [-0.2, -0.15) is 28.5 Å². The van der Waals surface area contributed by atoms with Gasteiger partial charge >= 0.3 is 18.2 Å². The molecule has 0 aliphatic heterocycles. The second-order valence-electron chi connectivity index (χ2n) is 9.44. The molecule has 2 aromatic rings. The molecule has 0 bridgehead atoms. The van der Waals surface area contributed by atoms with E-state index in [0.29, 0.717) is 50.5 Å². The Morgan fingerprint density at radius 1 is 1.19 bits per heavy atom. The minimum absolute atomic E-state index is 0.0729. The SMILES string of the molecule is C[C@H](C[n+]1ccn(CCCNC(=O)C(F)(F)F)c1)N=Nc1cnn(CCCNC(=O)OC(C)(C)C)c1N. The number of carbonyl (C=O) groups is 2. The van der Waals surface area contributed by atoms with Crippen molar-refractivity contribution in [3.05, 3.63) is 24.9 Å². The second kappa shape index (κ2) is 13.1. The molecule has 0 aromatic carbocycles. The maximum Gasteiger partial charge on any atom is 0.471 e. The van der Waals surface area contributed by atoms with Gasteiger partial charge in [0.15, 0.2) is 0 Å². The van der Waals surface area contributed by atoms with Gasteiger partial charge in [-0.3, -0.25) is 4.79 Å². The number of hydrogen-bond acceptors (Lipinski definition) is 7. The van der Waals surface area contributed by atoms with Crippen LogP contribution in [0.1, 0.15) is 40.5 Å². The maximum atomic E-state index is 12.2. The number of nitrogens with one attached hydrogen (secondary N) is 2.